The van der Waals surface area contributed by atoms with Crippen molar-refractivity contribution in [1.82, 2.24) is 19.6 Å². The number of allylic oxidation sites excluding steroid dienone is 1. The molecule has 14 nitrogen and oxygen atoms in total. The Bertz CT molecular complexity index is 2530. The maximum atomic E-state index is 15.1. The summed E-state index contributed by atoms with van der Waals surface area (Å²) in [5.41, 5.74) is 2.66. The molecule has 0 spiro atoms. The number of carbonyl (C=O) groups excluding carboxylic acids is 1. The lowest BCUT2D eigenvalue weighted by Gasteiger charge is -2.37. The molecule has 17 heteroatoms. The van der Waals surface area contributed by atoms with E-state index in [4.69, 9.17) is 25.8 Å². The van der Waals surface area contributed by atoms with E-state index in [2.05, 4.69) is 52.7 Å². The molecular formula is C44H48ClFN6O8S. The molecule has 322 valence electrons. The number of aromatic amines is 1. The van der Waals surface area contributed by atoms with E-state index in [1.807, 2.05) is 22.9 Å². The first-order chi connectivity index (χ1) is 29.2. The number of aromatic nitrogens is 2. The van der Waals surface area contributed by atoms with E-state index >= 15 is 4.39 Å². The summed E-state index contributed by atoms with van der Waals surface area (Å²) in [4.78, 5) is 36.5. The molecule has 0 radical (unpaired) electrons. The fourth-order valence-corrected chi connectivity index (χ4v) is 8.64. The Kier molecular flexibility index (Phi) is 13.3. The molecule has 5 aromatic rings. The Morgan fingerprint density at radius 3 is 2.48 bits per heavy atom. The highest BCUT2D eigenvalue weighted by atomic mass is 35.5. The second-order valence-corrected chi connectivity index (χ2v) is 18.0. The van der Waals surface area contributed by atoms with Crippen LogP contribution >= 0.6 is 11.6 Å². The summed E-state index contributed by atoms with van der Waals surface area (Å²) in [7, 11) is -4.67. The topological polar surface area (TPSA) is 169 Å². The maximum absolute atomic E-state index is 15.1. The number of nitro benzene ring substituents is 1. The molecule has 2 aliphatic rings. The molecule has 0 saturated carbocycles. The highest BCUT2D eigenvalue weighted by Gasteiger charge is 2.35. The monoisotopic (exact) mass is 874 g/mol. The average Bonchev–Trinajstić information content (AvgIpc) is 3.71. The van der Waals surface area contributed by atoms with Crippen LogP contribution in [0.15, 0.2) is 95.7 Å². The largest absolute Gasteiger partial charge is 0.483 e. The van der Waals surface area contributed by atoms with Gasteiger partial charge in [0.25, 0.3) is 15.9 Å². The molecule has 2 saturated heterocycles. The van der Waals surface area contributed by atoms with Gasteiger partial charge in [-0.15, -0.1) is 0 Å². The quantitative estimate of drug-likeness (QED) is 0.0763. The number of carbonyl (C=O) groups is 1. The van der Waals surface area contributed by atoms with Crippen molar-refractivity contribution in [2.75, 3.05) is 57.4 Å². The molecule has 2 aromatic heterocycles. The average molecular weight is 875 g/mol. The van der Waals surface area contributed by atoms with E-state index in [9.17, 15) is 23.3 Å². The minimum atomic E-state index is -4.67. The van der Waals surface area contributed by atoms with Gasteiger partial charge in [-0.25, -0.2) is 22.5 Å². The summed E-state index contributed by atoms with van der Waals surface area (Å²) in [5, 5.41) is 13.5. The van der Waals surface area contributed by atoms with Gasteiger partial charge in [0.05, 0.1) is 21.6 Å². The number of sulfonamides is 1. The summed E-state index contributed by atoms with van der Waals surface area (Å²) < 4.78 is 61.4. The van der Waals surface area contributed by atoms with E-state index < -0.39 is 43.7 Å². The minimum Gasteiger partial charge on any atom is -0.483 e. The number of rotatable bonds is 15. The Balaban J connectivity index is 1.09. The molecule has 0 atom stereocenters. The van der Waals surface area contributed by atoms with E-state index in [0.29, 0.717) is 35.4 Å². The van der Waals surface area contributed by atoms with Crippen LogP contribution in [0, 0.1) is 16.0 Å². The van der Waals surface area contributed by atoms with Crippen molar-refractivity contribution in [2.45, 2.75) is 50.6 Å². The smallest absolute Gasteiger partial charge is 0.312 e. The van der Waals surface area contributed by atoms with Gasteiger partial charge in [-0.05, 0) is 78.9 Å². The normalized spacial score (nSPS) is 16.3. The first-order valence-electron chi connectivity index (χ1n) is 20.1. The van der Waals surface area contributed by atoms with Crippen LogP contribution in [0.4, 0.5) is 15.8 Å². The number of nitro groups is 1. The Labute approximate surface area is 358 Å². The number of hydrogen-bond donors (Lipinski definition) is 2. The molecule has 2 aliphatic heterocycles. The number of alkyl halides is 1. The third-order valence-electron chi connectivity index (χ3n) is 10.9. The van der Waals surface area contributed by atoms with E-state index in [-0.39, 0.29) is 43.1 Å². The molecule has 2 N–H and O–H groups in total. The van der Waals surface area contributed by atoms with Gasteiger partial charge in [0.2, 0.25) is 0 Å². The van der Waals surface area contributed by atoms with Crippen LogP contribution in [-0.4, -0.2) is 92.3 Å². The van der Waals surface area contributed by atoms with Gasteiger partial charge in [-0.2, -0.15) is 0 Å². The van der Waals surface area contributed by atoms with Gasteiger partial charge in [0, 0.05) is 93.2 Å². The Morgan fingerprint density at radius 1 is 1.03 bits per heavy atom. The molecule has 4 heterocycles. The minimum absolute atomic E-state index is 0.0587. The number of halogens is 2. The van der Waals surface area contributed by atoms with Crippen LogP contribution < -0.4 is 19.1 Å². The van der Waals surface area contributed by atoms with Crippen molar-refractivity contribution >= 4 is 55.5 Å². The highest BCUT2D eigenvalue weighted by molar-refractivity contribution is 7.90. The van der Waals surface area contributed by atoms with Crippen LogP contribution in [0.5, 0.6) is 17.2 Å². The SMILES string of the molecule is C/C(CN1CCN(c2ccc(C(=O)NS(=O)(=O)c3ccc(OCC4(F)CCOCC4)c([N+](=O)[O-])c3)c(Oc3cnc4[nH]ccc4c3)c2)CC1)=C(\CC(C)C)c1ccc(Cl)cc1. The molecule has 7 rings (SSSR count). The number of fused-ring (bicyclic) bond motifs is 1. The molecule has 3 aromatic carbocycles. The molecule has 61 heavy (non-hydrogen) atoms. The second-order valence-electron chi connectivity index (χ2n) is 15.9. The Hall–Kier alpha value is -5.55. The Morgan fingerprint density at radius 2 is 1.77 bits per heavy atom. The lowest BCUT2D eigenvalue weighted by molar-refractivity contribution is -0.386. The third-order valence-corrected chi connectivity index (χ3v) is 12.5. The predicted octanol–water partition coefficient (Wildman–Crippen LogP) is 8.57. The summed E-state index contributed by atoms with van der Waals surface area (Å²) in [6.45, 7) is 10.2. The van der Waals surface area contributed by atoms with Gasteiger partial charge < -0.3 is 24.1 Å². The van der Waals surface area contributed by atoms with Crippen molar-refractivity contribution in [3.63, 3.8) is 0 Å². The van der Waals surface area contributed by atoms with Crippen LogP contribution in [0.2, 0.25) is 5.02 Å². The summed E-state index contributed by atoms with van der Waals surface area (Å²) in [5.74, 6) is -0.461. The van der Waals surface area contributed by atoms with Crippen molar-refractivity contribution in [3.05, 3.63) is 117 Å². The molecule has 1 amide bonds. The number of pyridine rings is 1. The summed E-state index contributed by atoms with van der Waals surface area (Å²) >= 11 is 6.19. The summed E-state index contributed by atoms with van der Waals surface area (Å²) in [6, 6.07) is 19.4. The molecule has 0 unspecified atom stereocenters. The molecular weight excluding hydrogens is 827 g/mol. The van der Waals surface area contributed by atoms with Crippen molar-refractivity contribution in [1.29, 1.82) is 0 Å². The maximum Gasteiger partial charge on any atom is 0.312 e. The number of piperazine rings is 1. The zero-order valence-electron chi connectivity index (χ0n) is 34.2. The molecule has 0 bridgehead atoms. The van der Waals surface area contributed by atoms with Gasteiger partial charge in [-0.1, -0.05) is 43.2 Å². The number of benzene rings is 3. The highest BCUT2D eigenvalue weighted by Crippen LogP contribution is 2.35. The first-order valence-corrected chi connectivity index (χ1v) is 21.9. The number of hydrogen-bond acceptors (Lipinski definition) is 11. The van der Waals surface area contributed by atoms with Crippen LogP contribution in [-0.2, 0) is 14.8 Å². The van der Waals surface area contributed by atoms with Crippen molar-refractivity contribution in [3.8, 4) is 17.2 Å². The van der Waals surface area contributed by atoms with Gasteiger partial charge in [-0.3, -0.25) is 19.8 Å². The number of ether oxygens (including phenoxy) is 3. The van der Waals surface area contributed by atoms with Crippen molar-refractivity contribution < 1.29 is 36.7 Å². The lowest BCUT2D eigenvalue weighted by atomic mass is 9.92. The van der Waals surface area contributed by atoms with Crippen LogP contribution in [0.25, 0.3) is 16.6 Å². The number of amides is 1. The number of anilines is 1. The number of nitrogens with zero attached hydrogens (tertiary/aromatic N) is 4. The van der Waals surface area contributed by atoms with Crippen LogP contribution in [0.1, 0.15) is 56.0 Å². The van der Waals surface area contributed by atoms with Gasteiger partial charge in [0.1, 0.15) is 29.4 Å². The van der Waals surface area contributed by atoms with Crippen LogP contribution in [0.3, 0.4) is 0 Å². The standard InChI is InChI=1S/C44H48ClFN6O8S/c1-29(2)22-38(31-4-6-33(45)7-5-31)30(3)27-50-16-18-51(19-17-50)34-8-10-37(41(24-34)60-35-23-32-12-15-47-42(32)48-26-35)43(53)49-61(56,57)36-9-11-40(39(25-36)52(54)55)59-28-44(46)13-20-58-21-14-44/h4-12,15,23-26,29H,13-14,16-22,27-28H2,1-3H3,(H,47,48)(H,49,53)/b38-30-. The third kappa shape index (κ3) is 10.7. The van der Waals surface area contributed by atoms with Gasteiger partial charge >= 0.3 is 5.69 Å². The molecule has 0 aliphatic carbocycles. The van der Waals surface area contributed by atoms with E-state index in [1.54, 1.807) is 24.4 Å². The fraction of sp³-hybridized carbons (Fsp3) is 0.364. The number of nitrogens with one attached hydrogen (secondary N) is 2. The first kappa shape index (κ1) is 43.5. The van der Waals surface area contributed by atoms with Gasteiger partial charge in [0.15, 0.2) is 5.75 Å². The lowest BCUT2D eigenvalue weighted by Crippen LogP contribution is -2.47. The summed E-state index contributed by atoms with van der Waals surface area (Å²) in [6.07, 6.45) is 4.29. The van der Waals surface area contributed by atoms with E-state index in [1.165, 1.54) is 29.0 Å². The zero-order chi connectivity index (χ0) is 43.3. The van der Waals surface area contributed by atoms with Crippen molar-refractivity contribution in [2.24, 2.45) is 5.92 Å². The zero-order valence-corrected chi connectivity index (χ0v) is 35.7. The number of H-pyrrole nitrogens is 1. The molecule has 2 fully saturated rings. The van der Waals surface area contributed by atoms with E-state index in [0.717, 1.165) is 55.3 Å². The second kappa shape index (κ2) is 18.6. The fourth-order valence-electron chi connectivity index (χ4n) is 7.53. The predicted molar refractivity (Wildman–Crippen MR) is 232 cm³/mol.